The Morgan fingerprint density at radius 1 is 0.976 bits per heavy atom. The van der Waals surface area contributed by atoms with E-state index in [-0.39, 0.29) is 22.3 Å². The molecule has 0 radical (unpaired) electrons. The molecule has 0 unspecified atom stereocenters. The molecular weight excluding hydrogens is 504 g/mol. The van der Waals surface area contributed by atoms with Crippen LogP contribution in [0.3, 0.4) is 0 Å². The van der Waals surface area contributed by atoms with Gasteiger partial charge in [-0.3, -0.25) is 0 Å². The molecule has 5 saturated carbocycles. The number of aliphatic hydroxyl groups is 2. The zero-order valence-corrected chi connectivity index (χ0v) is 26.1. The Kier molecular flexibility index (Phi) is 7.66. The van der Waals surface area contributed by atoms with E-state index in [9.17, 15) is 10.2 Å². The van der Waals surface area contributed by atoms with Crippen LogP contribution in [-0.2, 0) is 6.42 Å². The van der Waals surface area contributed by atoms with Crippen molar-refractivity contribution in [2.75, 3.05) is 13.6 Å². The van der Waals surface area contributed by atoms with Crippen LogP contribution in [0.5, 0.6) is 0 Å². The zero-order valence-electron chi connectivity index (χ0n) is 26.1. The van der Waals surface area contributed by atoms with Crippen LogP contribution in [0.25, 0.3) is 0 Å². The van der Waals surface area contributed by atoms with Gasteiger partial charge in [0.1, 0.15) is 0 Å². The van der Waals surface area contributed by atoms with Gasteiger partial charge in [-0.05, 0) is 124 Å². The molecule has 7 rings (SSSR count). The van der Waals surface area contributed by atoms with Gasteiger partial charge in [-0.2, -0.15) is 0 Å². The van der Waals surface area contributed by atoms with Crippen molar-refractivity contribution in [2.45, 2.75) is 140 Å². The minimum absolute atomic E-state index is 0.0579. The molecule has 2 bridgehead atoms. The first-order chi connectivity index (χ1) is 19.8. The van der Waals surface area contributed by atoms with Gasteiger partial charge in [-0.1, -0.05) is 69.4 Å². The van der Waals surface area contributed by atoms with Crippen molar-refractivity contribution in [1.82, 2.24) is 10.6 Å². The molecule has 11 atom stereocenters. The fraction of sp³-hybridized carbons (Fsp3) is 0.838. The number of fused-ring (bicyclic) bond motifs is 5. The monoisotopic (exact) mass is 562 g/mol. The quantitative estimate of drug-likeness (QED) is 0.255. The summed E-state index contributed by atoms with van der Waals surface area (Å²) in [5, 5.41) is 32.4. The van der Waals surface area contributed by atoms with E-state index in [2.05, 4.69) is 54.9 Å². The summed E-state index contributed by atoms with van der Waals surface area (Å²) in [6.07, 6.45) is 20.3. The molecule has 1 aromatic carbocycles. The largest absolute Gasteiger partial charge is 0.392 e. The highest BCUT2D eigenvalue weighted by molar-refractivity contribution is 5.29. The van der Waals surface area contributed by atoms with Crippen LogP contribution in [0, 0.1) is 39.9 Å². The lowest BCUT2D eigenvalue weighted by Gasteiger charge is -2.75. The lowest BCUT2D eigenvalue weighted by molar-refractivity contribution is -0.305. The van der Waals surface area contributed by atoms with E-state index in [1.807, 2.05) is 0 Å². The van der Waals surface area contributed by atoms with E-state index in [4.69, 9.17) is 0 Å². The Bertz CT molecular complexity index is 1060. The number of unbranched alkanes of at least 4 members (excludes halogenated alkanes) is 3. The van der Waals surface area contributed by atoms with Crippen molar-refractivity contribution in [1.29, 1.82) is 0 Å². The van der Waals surface area contributed by atoms with E-state index >= 15 is 0 Å². The van der Waals surface area contributed by atoms with Gasteiger partial charge in [0, 0.05) is 24.0 Å². The average molecular weight is 563 g/mol. The lowest BCUT2D eigenvalue weighted by atomic mass is 9.31. The lowest BCUT2D eigenvalue weighted by Crippen LogP contribution is -2.76. The van der Waals surface area contributed by atoms with Gasteiger partial charge in [0.2, 0.25) is 0 Å². The van der Waals surface area contributed by atoms with Crippen molar-refractivity contribution >= 4 is 0 Å². The first-order valence-electron chi connectivity index (χ1n) is 17.7. The van der Waals surface area contributed by atoms with Crippen molar-refractivity contribution in [3.8, 4) is 0 Å². The van der Waals surface area contributed by atoms with Gasteiger partial charge in [-0.15, -0.1) is 0 Å². The molecular formula is C37H58N2O2. The number of hydrogen-bond donors (Lipinski definition) is 4. The summed E-state index contributed by atoms with van der Waals surface area (Å²) in [6.45, 7) is 3.45. The fourth-order valence-electron chi connectivity index (χ4n) is 12.7. The summed E-state index contributed by atoms with van der Waals surface area (Å²) in [7, 11) is 2.09. The molecule has 228 valence electrons. The summed E-state index contributed by atoms with van der Waals surface area (Å²) in [6, 6.07) is 12.1. The maximum atomic E-state index is 12.4. The van der Waals surface area contributed by atoms with Crippen LogP contribution >= 0.6 is 0 Å². The molecule has 4 nitrogen and oxygen atoms in total. The van der Waals surface area contributed by atoms with Crippen molar-refractivity contribution in [3.05, 3.63) is 35.9 Å². The third-order valence-corrected chi connectivity index (χ3v) is 14.1. The van der Waals surface area contributed by atoms with Crippen LogP contribution in [0.4, 0.5) is 0 Å². The van der Waals surface area contributed by atoms with Gasteiger partial charge in [0.15, 0.2) is 0 Å². The number of hydrogen-bond acceptors (Lipinski definition) is 4. The van der Waals surface area contributed by atoms with E-state index in [1.165, 1.54) is 82.6 Å². The molecule has 41 heavy (non-hydrogen) atoms. The highest BCUT2D eigenvalue weighted by atomic mass is 16.3. The SMILES string of the molecule is CNC[C@H]1CC[C@@H]2C[C@@]34[C@H](C[C@@]35C[C@@H](CCCCCCc3ccccc3)C[C@H]5[C@@H]2N1)[C@@]1(O)CCC[C@@](C)(C[C@@H]4O)C1. The van der Waals surface area contributed by atoms with Gasteiger partial charge in [0.05, 0.1) is 11.7 Å². The van der Waals surface area contributed by atoms with Gasteiger partial charge in [-0.25, -0.2) is 0 Å². The van der Waals surface area contributed by atoms with E-state index < -0.39 is 5.60 Å². The van der Waals surface area contributed by atoms with Crippen molar-refractivity contribution < 1.29 is 10.2 Å². The molecule has 2 spiro atoms. The number of nitrogens with one attached hydrogen (secondary N) is 2. The summed E-state index contributed by atoms with van der Waals surface area (Å²) in [5.74, 6) is 2.42. The Morgan fingerprint density at radius 2 is 1.80 bits per heavy atom. The molecule has 0 amide bonds. The molecule has 6 fully saturated rings. The van der Waals surface area contributed by atoms with Gasteiger partial charge < -0.3 is 20.8 Å². The second-order valence-electron chi connectivity index (χ2n) is 16.5. The number of benzene rings is 1. The van der Waals surface area contributed by atoms with E-state index in [0.29, 0.717) is 29.8 Å². The van der Waals surface area contributed by atoms with E-state index in [0.717, 1.165) is 44.6 Å². The zero-order chi connectivity index (χ0) is 28.3. The Labute approximate surface area is 249 Å². The molecule has 1 heterocycles. The second kappa shape index (κ2) is 10.9. The number of likely N-dealkylation sites (N-methyl/N-ethyl adjacent to an activating group) is 1. The fourth-order valence-corrected chi connectivity index (χ4v) is 12.7. The molecule has 5 aliphatic carbocycles. The van der Waals surface area contributed by atoms with Crippen LogP contribution in [0.2, 0.25) is 0 Å². The van der Waals surface area contributed by atoms with Gasteiger partial charge >= 0.3 is 0 Å². The van der Waals surface area contributed by atoms with Crippen molar-refractivity contribution in [2.24, 2.45) is 39.9 Å². The summed E-state index contributed by atoms with van der Waals surface area (Å²) >= 11 is 0. The standard InChI is InChI=1S/C37H58N2O2/c1-34-17-10-18-36(41,25-34)31-22-35-20-27(14-7-4-3-6-11-26-12-8-5-9-13-26)19-30(35)33-28(15-16-29(39-33)24-38-2)21-37(31,35)32(40)23-34/h5,8-9,12-13,27-33,38-41H,3-4,6-7,10-11,14-25H2,1-2H3/t27-,28+,29+,30-,31+,32-,33+,34-,35+,36+,37-/m0/s1. The molecule has 6 aliphatic rings. The summed E-state index contributed by atoms with van der Waals surface area (Å²) < 4.78 is 0. The number of aryl methyl sites for hydroxylation is 1. The first-order valence-corrected chi connectivity index (χ1v) is 17.7. The third-order valence-electron chi connectivity index (χ3n) is 14.1. The number of aliphatic hydroxyl groups excluding tert-OH is 1. The third kappa shape index (κ3) is 4.68. The Balaban J connectivity index is 1.09. The average Bonchev–Trinajstić information content (AvgIpc) is 3.33. The molecule has 4 heteroatoms. The summed E-state index contributed by atoms with van der Waals surface area (Å²) in [5.41, 5.74) is 1.20. The van der Waals surface area contributed by atoms with E-state index in [1.54, 1.807) is 0 Å². The highest BCUT2D eigenvalue weighted by Crippen LogP contribution is 2.82. The first kappa shape index (κ1) is 28.8. The van der Waals surface area contributed by atoms with Crippen LogP contribution < -0.4 is 10.6 Å². The number of rotatable bonds is 9. The number of piperidine rings is 1. The predicted octanol–water partition coefficient (Wildman–Crippen LogP) is 6.63. The Morgan fingerprint density at radius 3 is 2.63 bits per heavy atom. The smallest absolute Gasteiger partial charge is 0.0687 e. The highest BCUT2D eigenvalue weighted by Gasteiger charge is 2.80. The van der Waals surface area contributed by atoms with Crippen LogP contribution in [0.15, 0.2) is 30.3 Å². The maximum Gasteiger partial charge on any atom is 0.0687 e. The van der Waals surface area contributed by atoms with Crippen LogP contribution in [-0.4, -0.2) is 47.6 Å². The molecule has 0 aromatic heterocycles. The maximum absolute atomic E-state index is 12.4. The molecule has 1 saturated heterocycles. The molecule has 1 aliphatic heterocycles. The minimum atomic E-state index is -0.555. The van der Waals surface area contributed by atoms with Crippen LogP contribution in [0.1, 0.15) is 115 Å². The van der Waals surface area contributed by atoms with Crippen molar-refractivity contribution in [3.63, 3.8) is 0 Å². The Hall–Kier alpha value is -0.940. The van der Waals surface area contributed by atoms with Gasteiger partial charge in [0.25, 0.3) is 0 Å². The normalized spacial score (nSPS) is 48.2. The minimum Gasteiger partial charge on any atom is -0.392 e. The topological polar surface area (TPSA) is 64.5 Å². The summed E-state index contributed by atoms with van der Waals surface area (Å²) in [4.78, 5) is 0. The second-order valence-corrected chi connectivity index (χ2v) is 16.5. The molecule has 1 aromatic rings. The molecule has 4 N–H and O–H groups in total. The predicted molar refractivity (Wildman–Crippen MR) is 167 cm³/mol.